The number of carbonyl (C=O) groups is 1. The van der Waals surface area contributed by atoms with Gasteiger partial charge in [0.1, 0.15) is 0 Å². The number of amides is 2. The zero-order chi connectivity index (χ0) is 24.3. The second-order valence-electron chi connectivity index (χ2n) is 8.83. The number of methoxy groups -OCH3 is 1. The number of benzene rings is 1. The lowest BCUT2D eigenvalue weighted by Crippen LogP contribution is -2.52. The Kier molecular flexibility index (Phi) is 7.61. The van der Waals surface area contributed by atoms with E-state index in [1.165, 1.54) is 12.1 Å². The van der Waals surface area contributed by atoms with Gasteiger partial charge in [-0.25, -0.2) is 4.79 Å². The van der Waals surface area contributed by atoms with Crippen LogP contribution in [0.25, 0.3) is 0 Å². The number of ether oxygens (including phenoxy) is 1. The van der Waals surface area contributed by atoms with Crippen molar-refractivity contribution in [1.82, 2.24) is 20.0 Å². The van der Waals surface area contributed by atoms with Crippen molar-refractivity contribution in [2.24, 2.45) is 0 Å². The fraction of sp³-hybridized carbons (Fsp3) is 0.565. The quantitative estimate of drug-likeness (QED) is 0.686. The minimum Gasteiger partial charge on any atom is -0.384 e. The molecule has 2 amide bonds. The van der Waals surface area contributed by atoms with Crippen molar-refractivity contribution in [1.29, 1.82) is 0 Å². The van der Waals surface area contributed by atoms with Gasteiger partial charge >= 0.3 is 12.2 Å². The smallest absolute Gasteiger partial charge is 0.384 e. The van der Waals surface area contributed by atoms with E-state index in [1.54, 1.807) is 16.9 Å². The molecule has 2 aliphatic rings. The van der Waals surface area contributed by atoms with Crippen LogP contribution >= 0.6 is 0 Å². The van der Waals surface area contributed by atoms with Crippen molar-refractivity contribution >= 4 is 16.8 Å². The first kappa shape index (κ1) is 24.7. The summed E-state index contributed by atoms with van der Waals surface area (Å²) in [7, 11) is 0.737. The summed E-state index contributed by atoms with van der Waals surface area (Å²) < 4.78 is 55.9. The molecule has 0 bridgehead atoms. The van der Waals surface area contributed by atoms with Crippen LogP contribution in [0.5, 0.6) is 0 Å². The highest BCUT2D eigenvalue weighted by Crippen LogP contribution is 2.37. The highest BCUT2D eigenvalue weighted by atomic mass is 32.2. The van der Waals surface area contributed by atoms with Crippen molar-refractivity contribution in [2.45, 2.75) is 30.9 Å². The fourth-order valence-corrected chi connectivity index (χ4v) is 5.67. The van der Waals surface area contributed by atoms with E-state index in [4.69, 9.17) is 4.74 Å². The van der Waals surface area contributed by atoms with E-state index < -0.39 is 22.5 Å². The number of urea groups is 1. The molecule has 0 spiro atoms. The van der Waals surface area contributed by atoms with Crippen LogP contribution in [0.2, 0.25) is 0 Å². The molecule has 1 aromatic heterocycles. The fourth-order valence-electron chi connectivity index (χ4n) is 4.61. The van der Waals surface area contributed by atoms with Crippen LogP contribution < -0.4 is 0 Å². The first-order chi connectivity index (χ1) is 16.2. The summed E-state index contributed by atoms with van der Waals surface area (Å²) in [6.45, 7) is 2.34. The Morgan fingerprint density at radius 2 is 1.82 bits per heavy atom. The Morgan fingerprint density at radius 1 is 1.15 bits per heavy atom. The summed E-state index contributed by atoms with van der Waals surface area (Å²) in [4.78, 5) is 16.8. The van der Waals surface area contributed by atoms with Crippen LogP contribution in [0.15, 0.2) is 30.3 Å². The third kappa shape index (κ3) is 5.80. The van der Waals surface area contributed by atoms with Gasteiger partial charge in [0.15, 0.2) is 0 Å². The number of halogens is 3. The molecule has 2 saturated heterocycles. The number of aromatic nitrogens is 2. The molecule has 0 aliphatic carbocycles. The topological polar surface area (TPSA) is 78.5 Å². The average Bonchev–Trinajstić information content (AvgIpc) is 3.31. The second kappa shape index (κ2) is 10.5. The number of likely N-dealkylation sites (tertiary alicyclic amines) is 1. The first-order valence-corrected chi connectivity index (χ1v) is 12.8. The summed E-state index contributed by atoms with van der Waals surface area (Å²) in [6, 6.07) is 7.08. The summed E-state index contributed by atoms with van der Waals surface area (Å²) in [5, 5.41) is 7.49. The van der Waals surface area contributed by atoms with Crippen molar-refractivity contribution in [2.75, 3.05) is 51.4 Å². The highest BCUT2D eigenvalue weighted by Gasteiger charge is 2.36. The van der Waals surface area contributed by atoms with Crippen molar-refractivity contribution < 1.29 is 26.9 Å². The number of hydrogen-bond acceptors (Lipinski definition) is 4. The van der Waals surface area contributed by atoms with E-state index in [0.29, 0.717) is 57.1 Å². The van der Waals surface area contributed by atoms with E-state index >= 15 is 0 Å². The van der Waals surface area contributed by atoms with Gasteiger partial charge in [-0.2, -0.15) is 18.3 Å². The second-order valence-corrected chi connectivity index (χ2v) is 10.5. The molecular weight excluding hydrogens is 469 g/mol. The van der Waals surface area contributed by atoms with Gasteiger partial charge in [-0.15, -0.1) is 0 Å². The van der Waals surface area contributed by atoms with Gasteiger partial charge in [0.2, 0.25) is 0 Å². The van der Waals surface area contributed by atoms with Crippen LogP contribution in [0.4, 0.5) is 18.0 Å². The van der Waals surface area contributed by atoms with Gasteiger partial charge in [-0.05, 0) is 30.2 Å². The molecule has 1 aromatic carbocycles. The standard InChI is InChI=1S/C23H29F3N4O3S/c1-33-9-6-20-13-21(28-27-20)18-12-17(16-2-4-19(5-3-16)23(24,25)26)14-30(15-18)22(31)29-7-10-34(32)11-8-29/h2-5,13,17-18H,6-12,14-15H2,1H3,(H,27,28). The van der Waals surface area contributed by atoms with Gasteiger partial charge in [0.25, 0.3) is 0 Å². The molecule has 186 valence electrons. The number of nitrogens with zero attached hydrogens (tertiary/aromatic N) is 3. The minimum absolute atomic E-state index is 0.0588. The van der Waals surface area contributed by atoms with Gasteiger partial charge in [0.05, 0.1) is 17.9 Å². The Hall–Kier alpha value is -2.40. The molecule has 2 fully saturated rings. The molecule has 4 rings (SSSR count). The summed E-state index contributed by atoms with van der Waals surface area (Å²) in [5.41, 5.74) is 1.85. The van der Waals surface area contributed by atoms with Crippen LogP contribution in [0.3, 0.4) is 0 Å². The van der Waals surface area contributed by atoms with Crippen LogP contribution in [0.1, 0.15) is 40.8 Å². The molecule has 3 heterocycles. The SMILES string of the molecule is COCCc1cc(C2CC(c3ccc(C(F)(F)F)cc3)CN(C(=O)N3CCS(=O)CC3)C2)n[nH]1. The predicted molar refractivity (Wildman–Crippen MR) is 122 cm³/mol. The van der Waals surface area contributed by atoms with Crippen molar-refractivity contribution in [3.05, 3.63) is 52.8 Å². The zero-order valence-electron chi connectivity index (χ0n) is 19.0. The number of H-pyrrole nitrogens is 1. The lowest BCUT2D eigenvalue weighted by atomic mass is 9.82. The molecule has 2 atom stereocenters. The van der Waals surface area contributed by atoms with Gasteiger partial charge in [0, 0.05) is 79.5 Å². The molecule has 7 nitrogen and oxygen atoms in total. The van der Waals surface area contributed by atoms with Gasteiger partial charge in [-0.3, -0.25) is 9.31 Å². The lowest BCUT2D eigenvalue weighted by molar-refractivity contribution is -0.137. The Balaban J connectivity index is 1.56. The molecule has 11 heteroatoms. The summed E-state index contributed by atoms with van der Waals surface area (Å²) in [6.07, 6.45) is -3.03. The normalized spacial score (nSPS) is 22.2. The Bertz CT molecular complexity index is 1000. The zero-order valence-corrected chi connectivity index (χ0v) is 19.8. The Morgan fingerprint density at radius 3 is 2.47 bits per heavy atom. The maximum Gasteiger partial charge on any atom is 0.416 e. The number of alkyl halides is 3. The molecule has 2 aromatic rings. The van der Waals surface area contributed by atoms with E-state index in [0.717, 1.165) is 29.1 Å². The van der Waals surface area contributed by atoms with E-state index in [1.807, 2.05) is 6.07 Å². The van der Waals surface area contributed by atoms with Crippen LogP contribution in [0, 0.1) is 0 Å². The molecule has 34 heavy (non-hydrogen) atoms. The third-order valence-corrected chi connectivity index (χ3v) is 7.80. The lowest BCUT2D eigenvalue weighted by Gasteiger charge is -2.40. The minimum atomic E-state index is -4.39. The molecular formula is C23H29F3N4O3S. The predicted octanol–water partition coefficient (Wildman–Crippen LogP) is 3.37. The molecule has 2 unspecified atom stereocenters. The summed E-state index contributed by atoms with van der Waals surface area (Å²) in [5.74, 6) is 0.751. The number of rotatable bonds is 5. The number of hydrogen-bond donors (Lipinski definition) is 1. The van der Waals surface area contributed by atoms with E-state index in [2.05, 4.69) is 10.2 Å². The third-order valence-electron chi connectivity index (χ3n) is 6.52. The van der Waals surface area contributed by atoms with Crippen LogP contribution in [-0.4, -0.2) is 81.6 Å². The molecule has 0 radical (unpaired) electrons. The molecule has 0 saturated carbocycles. The number of nitrogens with one attached hydrogen (secondary N) is 1. The molecule has 1 N–H and O–H groups in total. The van der Waals surface area contributed by atoms with Crippen molar-refractivity contribution in [3.8, 4) is 0 Å². The average molecular weight is 499 g/mol. The number of aromatic amines is 1. The van der Waals surface area contributed by atoms with E-state index in [-0.39, 0.29) is 17.9 Å². The van der Waals surface area contributed by atoms with E-state index in [9.17, 15) is 22.2 Å². The van der Waals surface area contributed by atoms with Crippen LogP contribution in [-0.2, 0) is 28.1 Å². The maximum atomic E-state index is 13.3. The highest BCUT2D eigenvalue weighted by molar-refractivity contribution is 7.85. The van der Waals surface area contributed by atoms with Crippen molar-refractivity contribution in [3.63, 3.8) is 0 Å². The maximum absolute atomic E-state index is 13.3. The Labute approximate surface area is 199 Å². The number of piperidine rings is 1. The van der Waals surface area contributed by atoms with Gasteiger partial charge in [-0.1, -0.05) is 12.1 Å². The largest absolute Gasteiger partial charge is 0.416 e. The monoisotopic (exact) mass is 498 g/mol. The first-order valence-electron chi connectivity index (χ1n) is 11.3. The number of carbonyl (C=O) groups excluding carboxylic acids is 1. The summed E-state index contributed by atoms with van der Waals surface area (Å²) >= 11 is 0. The van der Waals surface area contributed by atoms with Gasteiger partial charge < -0.3 is 14.5 Å². The molecule has 2 aliphatic heterocycles.